The number of aryl methyl sites for hydroxylation is 2. The second kappa shape index (κ2) is 17.0. The summed E-state index contributed by atoms with van der Waals surface area (Å²) >= 11 is 0. The Balaban J connectivity index is 0.000000274. The molecule has 8 heteroatoms. The maximum atomic E-state index is 11.0. The van der Waals surface area contributed by atoms with Gasteiger partial charge < -0.3 is 25.2 Å². The Hall–Kier alpha value is -4.07. The summed E-state index contributed by atoms with van der Waals surface area (Å²) in [6, 6.07) is 19.3. The van der Waals surface area contributed by atoms with E-state index in [2.05, 4.69) is 15.6 Å². The number of nitrogens with zero attached hydrogens (tertiary/aromatic N) is 1. The van der Waals surface area contributed by atoms with E-state index in [1.165, 1.54) is 30.9 Å². The number of amides is 2. The number of rotatable bonds is 12. The van der Waals surface area contributed by atoms with E-state index in [0.717, 1.165) is 50.0 Å². The van der Waals surface area contributed by atoms with Gasteiger partial charge in [0.1, 0.15) is 17.2 Å². The van der Waals surface area contributed by atoms with Crippen LogP contribution in [-0.2, 0) is 22.4 Å². The van der Waals surface area contributed by atoms with Crippen LogP contribution in [0.5, 0.6) is 23.1 Å². The second-order valence-corrected chi connectivity index (χ2v) is 11.0. The number of carbonyl (C=O) groups excluding carboxylic acids is 2. The average molecular weight is 576 g/mol. The van der Waals surface area contributed by atoms with Crippen LogP contribution in [-0.4, -0.2) is 40.1 Å². The number of aromatic nitrogens is 1. The molecule has 2 aromatic carbocycles. The highest BCUT2D eigenvalue weighted by Crippen LogP contribution is 2.26. The first-order valence-corrected chi connectivity index (χ1v) is 14.9. The molecule has 3 aromatic rings. The Kier molecular flexibility index (Phi) is 13.1. The normalized spacial score (nSPS) is 14.2. The largest absolute Gasteiger partial charge is 0.508 e. The molecule has 1 heterocycles. The lowest BCUT2D eigenvalue weighted by Gasteiger charge is -2.13. The molecule has 226 valence electrons. The standard InChI is InChI=1S/C22H28N2O3.C12H17NO2/c1-16(24-17(2)25)7-8-18-9-11-20(12-10-18)27-22-14-13-21(15-23-22)26-19-5-3-4-6-19;1-9(13-10(2)14)3-4-11-5-7-12(15)8-6-11/h9-16,19H,3-8H2,1-2H3,(H,24,25);5-9,15H,3-4H2,1-2H3,(H,13,14). The predicted molar refractivity (Wildman–Crippen MR) is 165 cm³/mol. The van der Waals surface area contributed by atoms with E-state index in [1.807, 2.05) is 62.4 Å². The Morgan fingerprint density at radius 3 is 1.79 bits per heavy atom. The van der Waals surface area contributed by atoms with E-state index in [-0.39, 0.29) is 29.6 Å². The molecule has 4 rings (SSSR count). The molecule has 1 aliphatic carbocycles. The SMILES string of the molecule is CC(=O)NC(C)CCc1ccc(O)cc1.CC(=O)NC(C)CCc1ccc(Oc2ccc(OC3CCCC3)cn2)cc1. The molecule has 0 spiro atoms. The number of pyridine rings is 1. The lowest BCUT2D eigenvalue weighted by Crippen LogP contribution is -2.30. The van der Waals surface area contributed by atoms with Gasteiger partial charge in [0.2, 0.25) is 17.7 Å². The van der Waals surface area contributed by atoms with Crippen LogP contribution in [0.3, 0.4) is 0 Å². The fourth-order valence-electron chi connectivity index (χ4n) is 4.81. The van der Waals surface area contributed by atoms with Gasteiger partial charge in [0.25, 0.3) is 0 Å². The summed E-state index contributed by atoms with van der Waals surface area (Å²) in [5.74, 6) is 2.42. The van der Waals surface area contributed by atoms with Gasteiger partial charge in [-0.05, 0) is 107 Å². The minimum atomic E-state index is 0.00760. The highest BCUT2D eigenvalue weighted by atomic mass is 16.5. The van der Waals surface area contributed by atoms with Gasteiger partial charge in [-0.25, -0.2) is 4.98 Å². The van der Waals surface area contributed by atoms with Crippen LogP contribution in [0.25, 0.3) is 0 Å². The number of phenolic OH excluding ortho intramolecular Hbond substituents is 1. The van der Waals surface area contributed by atoms with Crippen LogP contribution >= 0.6 is 0 Å². The van der Waals surface area contributed by atoms with Gasteiger partial charge in [-0.15, -0.1) is 0 Å². The van der Waals surface area contributed by atoms with Gasteiger partial charge in [0.05, 0.1) is 12.3 Å². The first-order valence-electron chi connectivity index (χ1n) is 14.9. The lowest BCUT2D eigenvalue weighted by molar-refractivity contribution is -0.120. The second-order valence-electron chi connectivity index (χ2n) is 11.0. The smallest absolute Gasteiger partial charge is 0.219 e. The molecule has 0 saturated heterocycles. The van der Waals surface area contributed by atoms with Crippen LogP contribution in [0.4, 0.5) is 0 Å². The molecule has 0 aliphatic heterocycles. The highest BCUT2D eigenvalue weighted by Gasteiger charge is 2.16. The van der Waals surface area contributed by atoms with Gasteiger partial charge in [-0.3, -0.25) is 9.59 Å². The van der Waals surface area contributed by atoms with Gasteiger partial charge in [-0.1, -0.05) is 24.3 Å². The number of hydrogen-bond donors (Lipinski definition) is 3. The molecule has 2 amide bonds. The van der Waals surface area contributed by atoms with E-state index in [0.29, 0.717) is 12.0 Å². The quantitative estimate of drug-likeness (QED) is 0.227. The first-order chi connectivity index (χ1) is 20.2. The highest BCUT2D eigenvalue weighted by molar-refractivity contribution is 5.73. The van der Waals surface area contributed by atoms with Crippen molar-refractivity contribution >= 4 is 11.8 Å². The molecule has 3 N–H and O–H groups in total. The summed E-state index contributed by atoms with van der Waals surface area (Å²) in [7, 11) is 0. The van der Waals surface area contributed by atoms with Crippen molar-refractivity contribution in [2.24, 2.45) is 0 Å². The fourth-order valence-corrected chi connectivity index (χ4v) is 4.81. The molecule has 1 aromatic heterocycles. The molecule has 8 nitrogen and oxygen atoms in total. The zero-order chi connectivity index (χ0) is 30.3. The van der Waals surface area contributed by atoms with Gasteiger partial charge in [0, 0.05) is 32.0 Å². The summed E-state index contributed by atoms with van der Waals surface area (Å²) in [6.07, 6.45) is 10.5. The number of benzene rings is 2. The number of hydrogen-bond acceptors (Lipinski definition) is 6. The predicted octanol–water partition coefficient (Wildman–Crippen LogP) is 6.50. The molecule has 1 fully saturated rings. The van der Waals surface area contributed by atoms with Crippen LogP contribution < -0.4 is 20.1 Å². The first kappa shape index (κ1) is 32.4. The fraction of sp³-hybridized carbons (Fsp3) is 0.441. The molecular formula is C34H45N3O5. The molecule has 2 unspecified atom stereocenters. The van der Waals surface area contributed by atoms with Crippen molar-refractivity contribution in [1.29, 1.82) is 0 Å². The molecule has 1 saturated carbocycles. The summed E-state index contributed by atoms with van der Waals surface area (Å²) in [6.45, 7) is 7.08. The Morgan fingerprint density at radius 2 is 1.31 bits per heavy atom. The number of aromatic hydroxyl groups is 1. The molecule has 2 atom stereocenters. The zero-order valence-electron chi connectivity index (χ0n) is 25.3. The summed E-state index contributed by atoms with van der Waals surface area (Å²) in [5, 5.41) is 14.8. The topological polar surface area (TPSA) is 110 Å². The van der Waals surface area contributed by atoms with E-state index < -0.39 is 0 Å². The monoisotopic (exact) mass is 575 g/mol. The third-order valence-corrected chi connectivity index (χ3v) is 7.03. The minimum Gasteiger partial charge on any atom is -0.508 e. The van der Waals surface area contributed by atoms with Crippen molar-refractivity contribution in [3.63, 3.8) is 0 Å². The third kappa shape index (κ3) is 12.6. The zero-order valence-corrected chi connectivity index (χ0v) is 25.3. The summed E-state index contributed by atoms with van der Waals surface area (Å²) < 4.78 is 11.7. The van der Waals surface area contributed by atoms with Gasteiger partial charge in [-0.2, -0.15) is 0 Å². The molecule has 1 aliphatic rings. The summed E-state index contributed by atoms with van der Waals surface area (Å²) in [5.41, 5.74) is 2.39. The van der Waals surface area contributed by atoms with Crippen molar-refractivity contribution in [1.82, 2.24) is 15.6 Å². The van der Waals surface area contributed by atoms with Crippen LogP contribution in [0.2, 0.25) is 0 Å². The minimum absolute atomic E-state index is 0.00760. The Bertz CT molecular complexity index is 1220. The van der Waals surface area contributed by atoms with Crippen molar-refractivity contribution in [3.8, 4) is 23.1 Å². The van der Waals surface area contributed by atoms with E-state index in [9.17, 15) is 9.59 Å². The van der Waals surface area contributed by atoms with E-state index in [4.69, 9.17) is 14.6 Å². The van der Waals surface area contributed by atoms with Crippen LogP contribution in [0.1, 0.15) is 77.3 Å². The molecular weight excluding hydrogens is 530 g/mol. The van der Waals surface area contributed by atoms with Gasteiger partial charge in [0.15, 0.2) is 0 Å². The number of ether oxygens (including phenoxy) is 2. The van der Waals surface area contributed by atoms with Crippen LogP contribution in [0.15, 0.2) is 66.9 Å². The maximum Gasteiger partial charge on any atom is 0.219 e. The number of nitrogens with one attached hydrogen (secondary N) is 2. The van der Waals surface area contributed by atoms with Crippen molar-refractivity contribution < 1.29 is 24.2 Å². The van der Waals surface area contributed by atoms with Crippen LogP contribution in [0, 0.1) is 0 Å². The summed E-state index contributed by atoms with van der Waals surface area (Å²) in [4.78, 5) is 26.2. The number of carbonyl (C=O) groups is 2. The number of phenols is 1. The third-order valence-electron chi connectivity index (χ3n) is 7.03. The lowest BCUT2D eigenvalue weighted by atomic mass is 10.1. The van der Waals surface area contributed by atoms with Crippen molar-refractivity contribution in [2.45, 2.75) is 97.2 Å². The molecule has 42 heavy (non-hydrogen) atoms. The average Bonchev–Trinajstić information content (AvgIpc) is 3.46. The molecule has 0 bridgehead atoms. The van der Waals surface area contributed by atoms with Gasteiger partial charge >= 0.3 is 0 Å². The Labute approximate surface area is 249 Å². The van der Waals surface area contributed by atoms with Crippen molar-refractivity contribution in [2.75, 3.05) is 0 Å². The van der Waals surface area contributed by atoms with Crippen molar-refractivity contribution in [3.05, 3.63) is 78.0 Å². The maximum absolute atomic E-state index is 11.0. The van der Waals surface area contributed by atoms with E-state index in [1.54, 1.807) is 25.3 Å². The van der Waals surface area contributed by atoms with E-state index >= 15 is 0 Å². The molecule has 0 radical (unpaired) electrons. The Morgan fingerprint density at radius 1 is 0.810 bits per heavy atom.